The van der Waals surface area contributed by atoms with Gasteiger partial charge in [0.25, 0.3) is 10.2 Å². The number of hydrogen-bond donors (Lipinski definition) is 1. The van der Waals surface area contributed by atoms with Crippen molar-refractivity contribution in [2.75, 3.05) is 32.8 Å². The number of rotatable bonds is 7. The molecule has 0 aliphatic carbocycles. The summed E-state index contributed by atoms with van der Waals surface area (Å²) in [6, 6.07) is -0.193. The van der Waals surface area contributed by atoms with Crippen molar-refractivity contribution in [2.24, 2.45) is 0 Å². The molecule has 1 heterocycles. The number of carboxylic acid groups (broad SMARTS) is 1. The van der Waals surface area contributed by atoms with Crippen LogP contribution in [-0.2, 0) is 19.7 Å². The molecule has 0 amide bonds. The fraction of sp³-hybridized carbons (Fsp3) is 0.909. The van der Waals surface area contributed by atoms with E-state index in [2.05, 4.69) is 0 Å². The molecule has 0 aromatic carbocycles. The minimum atomic E-state index is -3.53. The highest BCUT2D eigenvalue weighted by Gasteiger charge is 2.32. The third kappa shape index (κ3) is 4.72. The van der Waals surface area contributed by atoms with Gasteiger partial charge in [-0.1, -0.05) is 0 Å². The minimum Gasteiger partial charge on any atom is -0.481 e. The Kier molecular flexibility index (Phi) is 6.18. The molecule has 1 saturated heterocycles. The molecule has 7 nitrogen and oxygen atoms in total. The zero-order valence-electron chi connectivity index (χ0n) is 11.4. The Morgan fingerprint density at radius 3 is 2.42 bits per heavy atom. The third-order valence-corrected chi connectivity index (χ3v) is 5.15. The zero-order chi connectivity index (χ0) is 14.5. The van der Waals surface area contributed by atoms with Gasteiger partial charge in [0.05, 0.1) is 13.2 Å². The summed E-state index contributed by atoms with van der Waals surface area (Å²) in [4.78, 5) is 10.5. The van der Waals surface area contributed by atoms with Crippen LogP contribution in [0.25, 0.3) is 0 Å². The van der Waals surface area contributed by atoms with E-state index in [1.165, 1.54) is 8.61 Å². The van der Waals surface area contributed by atoms with E-state index >= 15 is 0 Å². The first kappa shape index (κ1) is 16.4. The van der Waals surface area contributed by atoms with Crippen molar-refractivity contribution < 1.29 is 23.1 Å². The standard InChI is InChI=1S/C11H22N2O5S/c1-10(2)13(5-3-4-11(14)15)19(16,17)12-6-8-18-9-7-12/h10H,3-9H2,1-2H3,(H,14,15). The first-order valence-electron chi connectivity index (χ1n) is 6.42. The fourth-order valence-corrected chi connectivity index (χ4v) is 3.75. The summed E-state index contributed by atoms with van der Waals surface area (Å²) in [5.74, 6) is -0.910. The molecule has 0 aromatic rings. The predicted molar refractivity (Wildman–Crippen MR) is 70.0 cm³/mol. The van der Waals surface area contributed by atoms with Crippen LogP contribution in [0.2, 0.25) is 0 Å². The number of carboxylic acids is 1. The van der Waals surface area contributed by atoms with Gasteiger partial charge in [0.1, 0.15) is 0 Å². The second-order valence-electron chi connectivity index (χ2n) is 4.72. The predicted octanol–water partition coefficient (Wildman–Crippen LogP) is 0.139. The molecule has 0 radical (unpaired) electrons. The molecule has 0 atom stereocenters. The monoisotopic (exact) mass is 294 g/mol. The molecule has 8 heteroatoms. The molecular formula is C11H22N2O5S. The SMILES string of the molecule is CC(C)N(CCCC(=O)O)S(=O)(=O)N1CCOCC1. The second kappa shape index (κ2) is 7.18. The number of carbonyl (C=O) groups is 1. The molecule has 1 fully saturated rings. The van der Waals surface area contributed by atoms with Crippen LogP contribution in [0, 0.1) is 0 Å². The molecule has 1 aliphatic rings. The lowest BCUT2D eigenvalue weighted by molar-refractivity contribution is -0.137. The van der Waals surface area contributed by atoms with Crippen molar-refractivity contribution in [1.82, 2.24) is 8.61 Å². The molecule has 0 saturated carbocycles. The fourth-order valence-electron chi connectivity index (χ4n) is 1.95. The first-order valence-corrected chi connectivity index (χ1v) is 7.82. The molecule has 1 N–H and O–H groups in total. The Labute approximate surface area is 114 Å². The molecule has 1 aliphatic heterocycles. The Balaban J connectivity index is 2.70. The third-order valence-electron chi connectivity index (χ3n) is 2.94. The van der Waals surface area contributed by atoms with Gasteiger partial charge in [-0.05, 0) is 20.3 Å². The van der Waals surface area contributed by atoms with Gasteiger partial charge in [0.15, 0.2) is 0 Å². The highest BCUT2D eigenvalue weighted by molar-refractivity contribution is 7.86. The molecule has 19 heavy (non-hydrogen) atoms. The van der Waals surface area contributed by atoms with Crippen molar-refractivity contribution >= 4 is 16.2 Å². The maximum absolute atomic E-state index is 12.5. The normalized spacial score (nSPS) is 18.1. The summed E-state index contributed by atoms with van der Waals surface area (Å²) in [7, 11) is -3.53. The minimum absolute atomic E-state index is 0.0259. The van der Waals surface area contributed by atoms with Crippen LogP contribution in [0.4, 0.5) is 0 Å². The van der Waals surface area contributed by atoms with Crippen LogP contribution in [0.1, 0.15) is 26.7 Å². The van der Waals surface area contributed by atoms with E-state index in [-0.39, 0.29) is 19.0 Å². The number of aliphatic carboxylic acids is 1. The Hall–Kier alpha value is -0.700. The van der Waals surface area contributed by atoms with Crippen LogP contribution < -0.4 is 0 Å². The van der Waals surface area contributed by atoms with E-state index < -0.39 is 16.2 Å². The number of nitrogens with zero attached hydrogens (tertiary/aromatic N) is 2. The first-order chi connectivity index (χ1) is 8.85. The number of ether oxygens (including phenoxy) is 1. The van der Waals surface area contributed by atoms with Gasteiger partial charge in [-0.15, -0.1) is 0 Å². The molecule has 1 rings (SSSR count). The molecule has 0 bridgehead atoms. The van der Waals surface area contributed by atoms with Gasteiger partial charge in [-0.2, -0.15) is 17.0 Å². The summed E-state index contributed by atoms with van der Waals surface area (Å²) >= 11 is 0. The van der Waals surface area contributed by atoms with Gasteiger partial charge < -0.3 is 9.84 Å². The van der Waals surface area contributed by atoms with E-state index in [1.54, 1.807) is 13.8 Å². The van der Waals surface area contributed by atoms with Gasteiger partial charge in [0.2, 0.25) is 0 Å². The second-order valence-corrected chi connectivity index (χ2v) is 6.60. The Morgan fingerprint density at radius 2 is 1.95 bits per heavy atom. The number of morpholine rings is 1. The quantitative estimate of drug-likeness (QED) is 0.721. The average Bonchev–Trinajstić information content (AvgIpc) is 2.34. The van der Waals surface area contributed by atoms with Crippen molar-refractivity contribution in [1.29, 1.82) is 0 Å². The van der Waals surface area contributed by atoms with Crippen LogP contribution in [0.3, 0.4) is 0 Å². The lowest BCUT2D eigenvalue weighted by atomic mass is 10.3. The van der Waals surface area contributed by atoms with E-state index in [9.17, 15) is 13.2 Å². The van der Waals surface area contributed by atoms with Crippen LogP contribution in [-0.4, -0.2) is 67.0 Å². The van der Waals surface area contributed by atoms with Gasteiger partial charge >= 0.3 is 5.97 Å². The topological polar surface area (TPSA) is 87.2 Å². The lowest BCUT2D eigenvalue weighted by Gasteiger charge is -2.34. The summed E-state index contributed by atoms with van der Waals surface area (Å²) in [5, 5.41) is 8.62. The van der Waals surface area contributed by atoms with Crippen molar-refractivity contribution in [3.63, 3.8) is 0 Å². The molecule has 0 unspecified atom stereocenters. The van der Waals surface area contributed by atoms with Gasteiger partial charge in [-0.3, -0.25) is 4.79 Å². The Bertz CT molecular complexity index is 390. The van der Waals surface area contributed by atoms with Crippen LogP contribution in [0.5, 0.6) is 0 Å². The van der Waals surface area contributed by atoms with Crippen LogP contribution in [0.15, 0.2) is 0 Å². The molecular weight excluding hydrogens is 272 g/mol. The smallest absolute Gasteiger partial charge is 0.303 e. The average molecular weight is 294 g/mol. The summed E-state index contributed by atoms with van der Waals surface area (Å²) < 4.78 is 32.8. The molecule has 112 valence electrons. The van der Waals surface area contributed by atoms with Crippen molar-refractivity contribution in [3.05, 3.63) is 0 Å². The lowest BCUT2D eigenvalue weighted by Crippen LogP contribution is -2.51. The highest BCUT2D eigenvalue weighted by Crippen LogP contribution is 2.15. The van der Waals surface area contributed by atoms with Crippen LogP contribution >= 0.6 is 0 Å². The zero-order valence-corrected chi connectivity index (χ0v) is 12.2. The highest BCUT2D eigenvalue weighted by atomic mass is 32.2. The summed E-state index contributed by atoms with van der Waals surface area (Å²) in [6.45, 7) is 5.32. The maximum atomic E-state index is 12.5. The molecule has 0 aromatic heterocycles. The molecule has 0 spiro atoms. The van der Waals surface area contributed by atoms with Gasteiger partial charge in [0, 0.05) is 32.1 Å². The van der Waals surface area contributed by atoms with Crippen molar-refractivity contribution in [3.8, 4) is 0 Å². The number of hydrogen-bond acceptors (Lipinski definition) is 4. The van der Waals surface area contributed by atoms with Crippen molar-refractivity contribution in [2.45, 2.75) is 32.7 Å². The van der Waals surface area contributed by atoms with E-state index in [0.29, 0.717) is 32.7 Å². The van der Waals surface area contributed by atoms with E-state index in [0.717, 1.165) is 0 Å². The summed E-state index contributed by atoms with van der Waals surface area (Å²) in [6.07, 6.45) is 0.291. The van der Waals surface area contributed by atoms with Gasteiger partial charge in [-0.25, -0.2) is 0 Å². The largest absolute Gasteiger partial charge is 0.481 e. The summed E-state index contributed by atoms with van der Waals surface area (Å²) in [5.41, 5.74) is 0. The van der Waals surface area contributed by atoms with E-state index in [4.69, 9.17) is 9.84 Å². The van der Waals surface area contributed by atoms with E-state index in [1.807, 2.05) is 0 Å². The Morgan fingerprint density at radius 1 is 1.37 bits per heavy atom. The maximum Gasteiger partial charge on any atom is 0.303 e.